The minimum absolute atomic E-state index is 0.116. The summed E-state index contributed by atoms with van der Waals surface area (Å²) in [6, 6.07) is 52.9. The van der Waals surface area contributed by atoms with Crippen LogP contribution in [0.1, 0.15) is 29.2 Å². The summed E-state index contributed by atoms with van der Waals surface area (Å²) in [6.45, 7) is 4.33. The molecule has 3 aliphatic rings. The Hall–Kier alpha value is -6.85. The van der Waals surface area contributed by atoms with E-state index in [0.29, 0.717) is 0 Å². The SMILES string of the molecule is Cc1cc(C)cc(-c2cc(-c3ccc(N4c5ccccc5Oc5ccccc54)cc3)nc(C3C=CC(N4c5ccccc5Oc5ccccc54)=CC3)c2)c1. The number of allylic oxidation sites excluding steroid dienone is 3. The molecule has 1 unspecified atom stereocenters. The lowest BCUT2D eigenvalue weighted by molar-refractivity contribution is 0.476. The van der Waals surface area contributed by atoms with E-state index in [9.17, 15) is 0 Å². The van der Waals surface area contributed by atoms with Crippen molar-refractivity contribution >= 4 is 28.4 Å². The lowest BCUT2D eigenvalue weighted by Gasteiger charge is -2.34. The largest absolute Gasteiger partial charge is 0.453 e. The molecule has 10 rings (SSSR count). The second-order valence-corrected chi connectivity index (χ2v) is 14.2. The summed E-state index contributed by atoms with van der Waals surface area (Å²) >= 11 is 0. The number of para-hydroxylation sites is 8. The lowest BCUT2D eigenvalue weighted by Crippen LogP contribution is -2.21. The van der Waals surface area contributed by atoms with Gasteiger partial charge in [0, 0.05) is 28.6 Å². The highest BCUT2D eigenvalue weighted by Crippen LogP contribution is 2.51. The number of benzene rings is 6. The average Bonchev–Trinajstić information content (AvgIpc) is 3.21. The topological polar surface area (TPSA) is 37.8 Å². The number of rotatable bonds is 5. The summed E-state index contributed by atoms with van der Waals surface area (Å²) in [4.78, 5) is 9.95. The molecular formula is C49H37N3O2. The minimum atomic E-state index is 0.116. The first-order chi connectivity index (χ1) is 26.6. The standard InChI is InChI=1S/C49H37N3O2/c1-32-27-33(2)29-36(28-32)37-30-40(34-19-23-38(24-20-34)51-42-11-3-7-15-46(42)53-47-16-8-4-12-43(47)51)50-41(31-37)35-21-25-39(26-22-35)52-44-13-5-9-17-48(44)54-49-18-10-6-14-45(49)52/h3-21,23-31,35H,22H2,1-2H3. The van der Waals surface area contributed by atoms with Crippen molar-refractivity contribution in [3.63, 3.8) is 0 Å². The third-order valence-electron chi connectivity index (χ3n) is 10.4. The summed E-state index contributed by atoms with van der Waals surface area (Å²) in [5.74, 6) is 3.51. The summed E-state index contributed by atoms with van der Waals surface area (Å²) in [5, 5.41) is 0. The van der Waals surface area contributed by atoms with Gasteiger partial charge in [0.1, 0.15) is 0 Å². The molecule has 5 heteroatoms. The Labute approximate surface area is 315 Å². The Morgan fingerprint density at radius 3 is 1.54 bits per heavy atom. The van der Waals surface area contributed by atoms with Crippen molar-refractivity contribution in [2.45, 2.75) is 26.2 Å². The van der Waals surface area contributed by atoms with Crippen molar-refractivity contribution < 1.29 is 9.47 Å². The van der Waals surface area contributed by atoms with Gasteiger partial charge in [-0.1, -0.05) is 102 Å². The second kappa shape index (κ2) is 13.0. The predicted molar refractivity (Wildman–Crippen MR) is 219 cm³/mol. The van der Waals surface area contributed by atoms with Crippen LogP contribution in [0.3, 0.4) is 0 Å². The van der Waals surface area contributed by atoms with Crippen molar-refractivity contribution in [2.75, 3.05) is 9.80 Å². The van der Waals surface area contributed by atoms with Gasteiger partial charge in [0.15, 0.2) is 23.0 Å². The molecule has 0 fully saturated rings. The zero-order valence-electron chi connectivity index (χ0n) is 30.1. The molecule has 260 valence electrons. The van der Waals surface area contributed by atoms with E-state index in [1.165, 1.54) is 22.3 Å². The molecule has 0 saturated heterocycles. The molecule has 3 heterocycles. The zero-order chi connectivity index (χ0) is 36.2. The van der Waals surface area contributed by atoms with Crippen LogP contribution < -0.4 is 19.3 Å². The van der Waals surface area contributed by atoms with E-state index in [1.54, 1.807) is 0 Å². The molecule has 5 nitrogen and oxygen atoms in total. The highest BCUT2D eigenvalue weighted by molar-refractivity contribution is 5.87. The van der Waals surface area contributed by atoms with Crippen molar-refractivity contribution in [1.82, 2.24) is 4.98 Å². The molecular weight excluding hydrogens is 663 g/mol. The van der Waals surface area contributed by atoms with Gasteiger partial charge in [0.2, 0.25) is 0 Å². The smallest absolute Gasteiger partial charge is 0.151 e. The van der Waals surface area contributed by atoms with Crippen LogP contribution in [0.4, 0.5) is 28.4 Å². The van der Waals surface area contributed by atoms with E-state index in [4.69, 9.17) is 14.5 Å². The molecule has 54 heavy (non-hydrogen) atoms. The van der Waals surface area contributed by atoms with E-state index < -0.39 is 0 Å². The fourth-order valence-electron chi connectivity index (χ4n) is 7.94. The van der Waals surface area contributed by atoms with Gasteiger partial charge in [-0.3, -0.25) is 4.98 Å². The molecule has 1 aliphatic carbocycles. The molecule has 1 aromatic heterocycles. The van der Waals surface area contributed by atoms with Gasteiger partial charge in [-0.15, -0.1) is 0 Å². The quantitative estimate of drug-likeness (QED) is 0.179. The number of hydrogen-bond acceptors (Lipinski definition) is 5. The Balaban J connectivity index is 1.02. The number of aromatic nitrogens is 1. The van der Waals surface area contributed by atoms with Crippen LogP contribution >= 0.6 is 0 Å². The van der Waals surface area contributed by atoms with Crippen LogP contribution in [0, 0.1) is 13.8 Å². The zero-order valence-corrected chi connectivity index (χ0v) is 30.1. The van der Waals surface area contributed by atoms with E-state index in [2.05, 4.69) is 145 Å². The molecule has 6 aromatic carbocycles. The number of ether oxygens (including phenoxy) is 2. The number of hydrogen-bond donors (Lipinski definition) is 0. The number of nitrogens with zero attached hydrogens (tertiary/aromatic N) is 3. The van der Waals surface area contributed by atoms with Crippen LogP contribution in [-0.2, 0) is 0 Å². The number of aryl methyl sites for hydroxylation is 2. The maximum atomic E-state index is 6.28. The molecule has 2 aliphatic heterocycles. The molecule has 0 N–H and O–H groups in total. The highest BCUT2D eigenvalue weighted by Gasteiger charge is 2.28. The minimum Gasteiger partial charge on any atom is -0.453 e. The van der Waals surface area contributed by atoms with Gasteiger partial charge in [0.05, 0.1) is 28.4 Å². The van der Waals surface area contributed by atoms with Crippen LogP contribution in [0.5, 0.6) is 23.0 Å². The molecule has 0 spiro atoms. The van der Waals surface area contributed by atoms with Crippen molar-refractivity contribution in [3.8, 4) is 45.4 Å². The summed E-state index contributed by atoms with van der Waals surface area (Å²) < 4.78 is 12.5. The third-order valence-corrected chi connectivity index (χ3v) is 10.4. The maximum Gasteiger partial charge on any atom is 0.151 e. The fourth-order valence-corrected chi connectivity index (χ4v) is 7.94. The Bertz CT molecular complexity index is 2530. The van der Waals surface area contributed by atoms with E-state index in [0.717, 1.165) is 80.5 Å². The first-order valence-corrected chi connectivity index (χ1v) is 18.5. The molecule has 0 bridgehead atoms. The average molecular weight is 700 g/mol. The van der Waals surface area contributed by atoms with Gasteiger partial charge >= 0.3 is 0 Å². The van der Waals surface area contributed by atoms with Crippen molar-refractivity contribution in [1.29, 1.82) is 0 Å². The van der Waals surface area contributed by atoms with Crippen LogP contribution in [0.25, 0.3) is 22.4 Å². The molecule has 1 atom stereocenters. The molecule has 7 aromatic rings. The maximum absolute atomic E-state index is 6.28. The van der Waals surface area contributed by atoms with Crippen LogP contribution in [0.15, 0.2) is 176 Å². The summed E-state index contributed by atoms with van der Waals surface area (Å²) in [6.07, 6.45) is 7.71. The van der Waals surface area contributed by atoms with Gasteiger partial charge in [-0.05, 0) is 110 Å². The number of fused-ring (bicyclic) bond motifs is 4. The van der Waals surface area contributed by atoms with E-state index >= 15 is 0 Å². The van der Waals surface area contributed by atoms with Crippen LogP contribution in [-0.4, -0.2) is 4.98 Å². The van der Waals surface area contributed by atoms with E-state index in [-0.39, 0.29) is 5.92 Å². The Morgan fingerprint density at radius 2 is 1.02 bits per heavy atom. The fraction of sp³-hybridized carbons (Fsp3) is 0.0816. The lowest BCUT2D eigenvalue weighted by atomic mass is 9.91. The Kier molecular flexibility index (Phi) is 7.65. The van der Waals surface area contributed by atoms with Crippen LogP contribution in [0.2, 0.25) is 0 Å². The number of pyridine rings is 1. The first kappa shape index (κ1) is 31.9. The molecule has 0 saturated carbocycles. The van der Waals surface area contributed by atoms with Gasteiger partial charge in [-0.2, -0.15) is 0 Å². The highest BCUT2D eigenvalue weighted by atomic mass is 16.5. The van der Waals surface area contributed by atoms with Crippen molar-refractivity contribution in [3.05, 3.63) is 192 Å². The normalized spacial score (nSPS) is 15.2. The Morgan fingerprint density at radius 1 is 0.519 bits per heavy atom. The van der Waals surface area contributed by atoms with Gasteiger partial charge in [-0.25, -0.2) is 0 Å². The number of anilines is 5. The van der Waals surface area contributed by atoms with Gasteiger partial charge in [0.25, 0.3) is 0 Å². The summed E-state index contributed by atoms with van der Waals surface area (Å²) in [5.41, 5.74) is 14.2. The molecule has 0 radical (unpaired) electrons. The third kappa shape index (κ3) is 5.62. The predicted octanol–water partition coefficient (Wildman–Crippen LogP) is 13.5. The first-order valence-electron chi connectivity index (χ1n) is 18.5. The van der Waals surface area contributed by atoms with Gasteiger partial charge < -0.3 is 19.3 Å². The van der Waals surface area contributed by atoms with E-state index in [1.807, 2.05) is 48.5 Å². The second-order valence-electron chi connectivity index (χ2n) is 14.2. The molecule has 0 amide bonds. The summed E-state index contributed by atoms with van der Waals surface area (Å²) in [7, 11) is 0. The monoisotopic (exact) mass is 699 g/mol. The van der Waals surface area contributed by atoms with Crippen molar-refractivity contribution in [2.24, 2.45) is 0 Å².